The Morgan fingerprint density at radius 3 is 2.94 bits per heavy atom. The third-order valence-electron chi connectivity index (χ3n) is 2.74. The van der Waals surface area contributed by atoms with Gasteiger partial charge in [0, 0.05) is 22.3 Å². The molecule has 1 heterocycles. The zero-order valence-corrected chi connectivity index (χ0v) is 11.2. The number of aryl methyl sites for hydroxylation is 1. The molecule has 0 bridgehead atoms. The predicted molar refractivity (Wildman–Crippen MR) is 73.0 cm³/mol. The zero-order valence-electron chi connectivity index (χ0n) is 10.4. The zero-order chi connectivity index (χ0) is 12.8. The van der Waals surface area contributed by atoms with E-state index < -0.39 is 0 Å². The van der Waals surface area contributed by atoms with E-state index in [4.69, 9.17) is 16.3 Å². The number of hydrogen-bond acceptors (Lipinski definition) is 2. The van der Waals surface area contributed by atoms with Crippen LogP contribution in [0.15, 0.2) is 30.3 Å². The standard InChI is InChI=1S/C14H17ClN2O/c1-2-3-7-12-9-14(17-16-12)18-10-11-6-4-5-8-13(11)15/h4-6,8-9H,2-3,7,10H2,1H3,(H,16,17). The Labute approximate surface area is 112 Å². The molecule has 2 rings (SSSR count). The number of aromatic nitrogens is 2. The molecule has 0 amide bonds. The van der Waals surface area contributed by atoms with Gasteiger partial charge in [0.2, 0.25) is 5.88 Å². The van der Waals surface area contributed by atoms with Crippen LogP contribution in [-0.4, -0.2) is 10.2 Å². The number of nitrogens with one attached hydrogen (secondary N) is 1. The van der Waals surface area contributed by atoms with Crippen molar-refractivity contribution in [1.82, 2.24) is 10.2 Å². The minimum atomic E-state index is 0.442. The van der Waals surface area contributed by atoms with Crippen LogP contribution in [0.25, 0.3) is 0 Å². The van der Waals surface area contributed by atoms with Crippen LogP contribution in [-0.2, 0) is 13.0 Å². The number of nitrogens with zero attached hydrogens (tertiary/aromatic N) is 1. The molecule has 3 nitrogen and oxygen atoms in total. The van der Waals surface area contributed by atoms with Crippen molar-refractivity contribution in [1.29, 1.82) is 0 Å². The number of ether oxygens (including phenoxy) is 1. The first kappa shape index (κ1) is 13.0. The predicted octanol–water partition coefficient (Wildman–Crippen LogP) is 3.98. The van der Waals surface area contributed by atoms with Gasteiger partial charge in [-0.15, -0.1) is 5.10 Å². The fourth-order valence-corrected chi connectivity index (χ4v) is 1.87. The van der Waals surface area contributed by atoms with Crippen LogP contribution in [0.1, 0.15) is 31.0 Å². The van der Waals surface area contributed by atoms with Crippen molar-refractivity contribution in [2.45, 2.75) is 32.8 Å². The molecule has 0 fully saturated rings. The average Bonchev–Trinajstić information content (AvgIpc) is 2.83. The van der Waals surface area contributed by atoms with Gasteiger partial charge in [-0.2, -0.15) is 0 Å². The second-order valence-electron chi connectivity index (χ2n) is 4.22. The fourth-order valence-electron chi connectivity index (χ4n) is 1.68. The smallest absolute Gasteiger partial charge is 0.233 e. The van der Waals surface area contributed by atoms with Crippen molar-refractivity contribution >= 4 is 11.6 Å². The van der Waals surface area contributed by atoms with Crippen molar-refractivity contribution in [2.75, 3.05) is 0 Å². The van der Waals surface area contributed by atoms with E-state index in [1.807, 2.05) is 30.3 Å². The number of benzene rings is 1. The lowest BCUT2D eigenvalue weighted by Gasteiger charge is -2.04. The van der Waals surface area contributed by atoms with Crippen molar-refractivity contribution in [3.05, 3.63) is 46.6 Å². The maximum atomic E-state index is 6.06. The molecule has 0 aliphatic rings. The highest BCUT2D eigenvalue weighted by molar-refractivity contribution is 6.31. The minimum absolute atomic E-state index is 0.442. The molecule has 4 heteroatoms. The Morgan fingerprint density at radius 2 is 2.17 bits per heavy atom. The summed E-state index contributed by atoms with van der Waals surface area (Å²) in [5.74, 6) is 0.626. The van der Waals surface area contributed by atoms with Crippen LogP contribution in [0.5, 0.6) is 5.88 Å². The normalized spacial score (nSPS) is 10.6. The number of H-pyrrole nitrogens is 1. The van der Waals surface area contributed by atoms with Gasteiger partial charge in [-0.05, 0) is 18.9 Å². The summed E-state index contributed by atoms with van der Waals surface area (Å²) in [4.78, 5) is 0. The summed E-state index contributed by atoms with van der Waals surface area (Å²) in [6.07, 6.45) is 3.35. The van der Waals surface area contributed by atoms with Gasteiger partial charge in [-0.3, -0.25) is 5.10 Å². The van der Waals surface area contributed by atoms with Gasteiger partial charge in [-0.1, -0.05) is 43.1 Å². The van der Waals surface area contributed by atoms with Gasteiger partial charge in [0.15, 0.2) is 0 Å². The molecular weight excluding hydrogens is 248 g/mol. The quantitative estimate of drug-likeness (QED) is 0.857. The number of hydrogen-bond donors (Lipinski definition) is 1. The van der Waals surface area contributed by atoms with Crippen LogP contribution in [0.4, 0.5) is 0 Å². The summed E-state index contributed by atoms with van der Waals surface area (Å²) in [5.41, 5.74) is 2.09. The molecule has 1 N–H and O–H groups in total. The van der Waals surface area contributed by atoms with E-state index in [0.717, 1.165) is 29.1 Å². The Hall–Kier alpha value is -1.48. The Balaban J connectivity index is 1.90. The molecule has 0 saturated carbocycles. The molecule has 0 radical (unpaired) electrons. The van der Waals surface area contributed by atoms with Gasteiger partial charge >= 0.3 is 0 Å². The maximum absolute atomic E-state index is 6.06. The fraction of sp³-hybridized carbons (Fsp3) is 0.357. The molecule has 96 valence electrons. The molecule has 2 aromatic rings. The third kappa shape index (κ3) is 3.50. The SMILES string of the molecule is CCCCc1cc(OCc2ccccc2Cl)n[nH]1. The van der Waals surface area contributed by atoms with Crippen molar-refractivity contribution in [2.24, 2.45) is 0 Å². The second kappa shape index (κ2) is 6.45. The molecule has 0 spiro atoms. The number of halogens is 1. The summed E-state index contributed by atoms with van der Waals surface area (Å²) in [6, 6.07) is 9.61. The van der Waals surface area contributed by atoms with E-state index in [1.165, 1.54) is 6.42 Å². The van der Waals surface area contributed by atoms with Crippen LogP contribution in [0.2, 0.25) is 5.02 Å². The highest BCUT2D eigenvalue weighted by Gasteiger charge is 2.04. The van der Waals surface area contributed by atoms with E-state index >= 15 is 0 Å². The number of rotatable bonds is 6. The van der Waals surface area contributed by atoms with Gasteiger partial charge < -0.3 is 4.74 Å². The lowest BCUT2D eigenvalue weighted by atomic mass is 10.2. The molecular formula is C14H17ClN2O. The number of aromatic amines is 1. The van der Waals surface area contributed by atoms with Crippen molar-refractivity contribution in [3.63, 3.8) is 0 Å². The molecule has 0 unspecified atom stereocenters. The van der Waals surface area contributed by atoms with E-state index in [2.05, 4.69) is 17.1 Å². The monoisotopic (exact) mass is 264 g/mol. The van der Waals surface area contributed by atoms with E-state index in [0.29, 0.717) is 12.5 Å². The average molecular weight is 265 g/mol. The highest BCUT2D eigenvalue weighted by atomic mass is 35.5. The summed E-state index contributed by atoms with van der Waals surface area (Å²) in [5, 5.41) is 7.83. The molecule has 0 aliphatic carbocycles. The van der Waals surface area contributed by atoms with Gasteiger partial charge in [0.1, 0.15) is 6.61 Å². The summed E-state index contributed by atoms with van der Waals surface area (Å²) in [6.45, 7) is 2.61. The molecule has 1 aromatic heterocycles. The van der Waals surface area contributed by atoms with Gasteiger partial charge in [0.05, 0.1) is 0 Å². The number of unbranched alkanes of at least 4 members (excludes halogenated alkanes) is 1. The van der Waals surface area contributed by atoms with Gasteiger partial charge in [0.25, 0.3) is 0 Å². The van der Waals surface area contributed by atoms with Gasteiger partial charge in [-0.25, -0.2) is 0 Å². The first-order chi connectivity index (χ1) is 8.79. The van der Waals surface area contributed by atoms with Crippen LogP contribution >= 0.6 is 11.6 Å². The third-order valence-corrected chi connectivity index (χ3v) is 3.11. The lowest BCUT2D eigenvalue weighted by Crippen LogP contribution is -1.96. The summed E-state index contributed by atoms with van der Waals surface area (Å²) in [7, 11) is 0. The summed E-state index contributed by atoms with van der Waals surface area (Å²) >= 11 is 6.06. The van der Waals surface area contributed by atoms with Crippen LogP contribution in [0, 0.1) is 0 Å². The molecule has 18 heavy (non-hydrogen) atoms. The Morgan fingerprint density at radius 1 is 1.33 bits per heavy atom. The molecule has 1 aromatic carbocycles. The summed E-state index contributed by atoms with van der Waals surface area (Å²) < 4.78 is 5.61. The topological polar surface area (TPSA) is 37.9 Å². The van der Waals surface area contributed by atoms with Crippen molar-refractivity contribution < 1.29 is 4.74 Å². The minimum Gasteiger partial charge on any atom is -0.472 e. The van der Waals surface area contributed by atoms with E-state index in [-0.39, 0.29) is 0 Å². The van der Waals surface area contributed by atoms with Crippen LogP contribution in [0.3, 0.4) is 0 Å². The Bertz CT molecular complexity index is 496. The van der Waals surface area contributed by atoms with E-state index in [9.17, 15) is 0 Å². The molecule has 0 saturated heterocycles. The van der Waals surface area contributed by atoms with Crippen LogP contribution < -0.4 is 4.74 Å². The first-order valence-corrected chi connectivity index (χ1v) is 6.58. The maximum Gasteiger partial charge on any atom is 0.233 e. The van der Waals surface area contributed by atoms with Crippen molar-refractivity contribution in [3.8, 4) is 5.88 Å². The highest BCUT2D eigenvalue weighted by Crippen LogP contribution is 2.18. The largest absolute Gasteiger partial charge is 0.472 e. The lowest BCUT2D eigenvalue weighted by molar-refractivity contribution is 0.293. The Kier molecular flexibility index (Phi) is 4.65. The van der Waals surface area contributed by atoms with E-state index in [1.54, 1.807) is 0 Å². The first-order valence-electron chi connectivity index (χ1n) is 6.20. The molecule has 0 atom stereocenters. The molecule has 0 aliphatic heterocycles. The second-order valence-corrected chi connectivity index (χ2v) is 4.62.